The highest BCUT2D eigenvalue weighted by Gasteiger charge is 2.26. The van der Waals surface area contributed by atoms with Gasteiger partial charge in [0.15, 0.2) is 0 Å². The second-order valence-electron chi connectivity index (χ2n) is 5.72. The first kappa shape index (κ1) is 13.8. The van der Waals surface area contributed by atoms with Crippen LogP contribution in [0.5, 0.6) is 0 Å². The maximum atomic E-state index is 11.8. The molecule has 0 bridgehead atoms. The van der Waals surface area contributed by atoms with Gasteiger partial charge in [-0.3, -0.25) is 10.1 Å². The highest BCUT2D eigenvalue weighted by molar-refractivity contribution is 5.91. The zero-order valence-electron chi connectivity index (χ0n) is 12.3. The van der Waals surface area contributed by atoms with Crippen LogP contribution in [0.2, 0.25) is 0 Å². The number of hydrogen-bond donors (Lipinski definition) is 1. The van der Waals surface area contributed by atoms with E-state index in [-0.39, 0.29) is 17.8 Å². The third-order valence-electron chi connectivity index (χ3n) is 4.01. The number of anilines is 1. The van der Waals surface area contributed by atoms with Crippen molar-refractivity contribution < 1.29 is 9.21 Å². The highest BCUT2D eigenvalue weighted by Crippen LogP contribution is 2.27. The van der Waals surface area contributed by atoms with Crippen molar-refractivity contribution in [2.75, 3.05) is 5.32 Å². The van der Waals surface area contributed by atoms with Crippen LogP contribution in [0.15, 0.2) is 22.6 Å². The summed E-state index contributed by atoms with van der Waals surface area (Å²) in [6, 6.07) is 6.47. The van der Waals surface area contributed by atoms with E-state index in [1.165, 1.54) is 11.1 Å². The smallest absolute Gasteiger partial charge is 0.322 e. The molecular weight excluding hydrogens is 266 g/mol. The summed E-state index contributed by atoms with van der Waals surface area (Å²) in [4.78, 5) is 11.8. The molecule has 1 aromatic heterocycles. The van der Waals surface area contributed by atoms with Crippen LogP contribution in [0.3, 0.4) is 0 Å². The second kappa shape index (κ2) is 5.68. The summed E-state index contributed by atoms with van der Waals surface area (Å²) in [5.74, 6) is 0.619. The van der Waals surface area contributed by atoms with Crippen LogP contribution in [0.25, 0.3) is 0 Å². The molecule has 0 unspecified atom stereocenters. The van der Waals surface area contributed by atoms with Crippen molar-refractivity contribution in [2.45, 2.75) is 39.5 Å². The standard InChI is InChI=1S/C16H19N3O2/c1-10-6-7-13(11(2)8-10)9-14-18-19-16(21-14)17-15(20)12-4-3-5-12/h6-8,12H,3-5,9H2,1-2H3,(H,17,19,20). The molecule has 1 N–H and O–H groups in total. The molecule has 5 heteroatoms. The lowest BCUT2D eigenvalue weighted by molar-refractivity contribution is -0.122. The van der Waals surface area contributed by atoms with E-state index in [1.54, 1.807) is 0 Å². The maximum absolute atomic E-state index is 11.8. The third kappa shape index (κ3) is 3.12. The van der Waals surface area contributed by atoms with Gasteiger partial charge in [0.1, 0.15) is 0 Å². The zero-order chi connectivity index (χ0) is 14.8. The van der Waals surface area contributed by atoms with Crippen molar-refractivity contribution in [1.82, 2.24) is 10.2 Å². The van der Waals surface area contributed by atoms with Gasteiger partial charge in [-0.1, -0.05) is 35.3 Å². The molecule has 1 aliphatic rings. The molecule has 1 aromatic carbocycles. The van der Waals surface area contributed by atoms with Crippen molar-refractivity contribution in [3.05, 3.63) is 40.8 Å². The molecule has 1 heterocycles. The van der Waals surface area contributed by atoms with Crippen LogP contribution < -0.4 is 5.32 Å². The van der Waals surface area contributed by atoms with E-state index < -0.39 is 0 Å². The number of hydrogen-bond acceptors (Lipinski definition) is 4. The number of carbonyl (C=O) groups is 1. The molecule has 1 aliphatic carbocycles. The fourth-order valence-electron chi connectivity index (χ4n) is 2.46. The number of nitrogens with one attached hydrogen (secondary N) is 1. The van der Waals surface area contributed by atoms with Gasteiger partial charge in [0.25, 0.3) is 0 Å². The van der Waals surface area contributed by atoms with Gasteiger partial charge in [-0.15, -0.1) is 5.10 Å². The van der Waals surface area contributed by atoms with Crippen LogP contribution in [-0.4, -0.2) is 16.1 Å². The van der Waals surface area contributed by atoms with Crippen LogP contribution in [0.4, 0.5) is 6.01 Å². The minimum absolute atomic E-state index is 0.0111. The van der Waals surface area contributed by atoms with Crippen molar-refractivity contribution in [3.63, 3.8) is 0 Å². The number of benzene rings is 1. The molecule has 2 aromatic rings. The monoisotopic (exact) mass is 285 g/mol. The van der Waals surface area contributed by atoms with Gasteiger partial charge < -0.3 is 4.42 Å². The largest absolute Gasteiger partial charge is 0.407 e. The van der Waals surface area contributed by atoms with Crippen LogP contribution in [0, 0.1) is 19.8 Å². The molecular formula is C16H19N3O2. The number of amides is 1. The minimum Gasteiger partial charge on any atom is -0.407 e. The van der Waals surface area contributed by atoms with Gasteiger partial charge in [-0.05, 0) is 37.8 Å². The van der Waals surface area contributed by atoms with Crippen LogP contribution >= 0.6 is 0 Å². The Kier molecular flexibility index (Phi) is 3.73. The molecule has 0 atom stereocenters. The van der Waals surface area contributed by atoms with Crippen LogP contribution in [-0.2, 0) is 11.2 Å². The molecule has 21 heavy (non-hydrogen) atoms. The second-order valence-corrected chi connectivity index (χ2v) is 5.72. The van der Waals surface area contributed by atoms with Crippen molar-refractivity contribution in [1.29, 1.82) is 0 Å². The summed E-state index contributed by atoms with van der Waals surface area (Å²) in [6.45, 7) is 4.13. The maximum Gasteiger partial charge on any atom is 0.322 e. The molecule has 1 fully saturated rings. The number of aromatic nitrogens is 2. The van der Waals surface area contributed by atoms with Crippen molar-refractivity contribution in [3.8, 4) is 0 Å². The summed E-state index contributed by atoms with van der Waals surface area (Å²) < 4.78 is 5.51. The Bertz CT molecular complexity index is 659. The fourth-order valence-corrected chi connectivity index (χ4v) is 2.46. The molecule has 5 nitrogen and oxygen atoms in total. The van der Waals surface area contributed by atoms with Crippen molar-refractivity contribution in [2.24, 2.45) is 5.92 Å². The molecule has 0 aliphatic heterocycles. The molecule has 0 radical (unpaired) electrons. The van der Waals surface area contributed by atoms with E-state index in [2.05, 4.69) is 47.6 Å². The first-order valence-electron chi connectivity index (χ1n) is 7.31. The Morgan fingerprint density at radius 1 is 1.33 bits per heavy atom. The highest BCUT2D eigenvalue weighted by atomic mass is 16.4. The summed E-state index contributed by atoms with van der Waals surface area (Å²) in [5.41, 5.74) is 3.59. The van der Waals surface area contributed by atoms with Gasteiger partial charge in [0, 0.05) is 5.92 Å². The van der Waals surface area contributed by atoms with E-state index >= 15 is 0 Å². The first-order valence-corrected chi connectivity index (χ1v) is 7.31. The normalized spacial score (nSPS) is 14.8. The Hall–Kier alpha value is -2.17. The summed E-state index contributed by atoms with van der Waals surface area (Å²) in [7, 11) is 0. The van der Waals surface area contributed by atoms with Gasteiger partial charge in [-0.25, -0.2) is 0 Å². The third-order valence-corrected chi connectivity index (χ3v) is 4.01. The molecule has 110 valence electrons. The molecule has 3 rings (SSSR count). The van der Waals surface area contributed by atoms with Crippen LogP contribution in [0.1, 0.15) is 41.8 Å². The molecule has 1 saturated carbocycles. The predicted molar refractivity (Wildman–Crippen MR) is 79.0 cm³/mol. The lowest BCUT2D eigenvalue weighted by Gasteiger charge is -2.22. The van der Waals surface area contributed by atoms with Crippen molar-refractivity contribution >= 4 is 11.9 Å². The Morgan fingerprint density at radius 2 is 2.14 bits per heavy atom. The van der Waals surface area contributed by atoms with Gasteiger partial charge >= 0.3 is 6.01 Å². The zero-order valence-corrected chi connectivity index (χ0v) is 12.3. The van der Waals surface area contributed by atoms with E-state index in [1.807, 2.05) is 0 Å². The number of carbonyl (C=O) groups excluding carboxylic acids is 1. The summed E-state index contributed by atoms with van der Waals surface area (Å²) in [5, 5.41) is 10.6. The lowest BCUT2D eigenvalue weighted by Crippen LogP contribution is -2.28. The minimum atomic E-state index is -0.0111. The molecule has 0 saturated heterocycles. The average molecular weight is 285 g/mol. The summed E-state index contributed by atoms with van der Waals surface area (Å²) in [6.07, 6.45) is 3.61. The first-order chi connectivity index (χ1) is 10.1. The van der Waals surface area contributed by atoms with Gasteiger partial charge in [0.05, 0.1) is 6.42 Å². The van der Waals surface area contributed by atoms with E-state index in [9.17, 15) is 4.79 Å². The summed E-state index contributed by atoms with van der Waals surface area (Å²) >= 11 is 0. The topological polar surface area (TPSA) is 68.0 Å². The Morgan fingerprint density at radius 3 is 2.81 bits per heavy atom. The fraction of sp³-hybridized carbons (Fsp3) is 0.438. The number of nitrogens with zero attached hydrogens (tertiary/aromatic N) is 2. The average Bonchev–Trinajstić information content (AvgIpc) is 2.78. The number of rotatable bonds is 4. The SMILES string of the molecule is Cc1ccc(Cc2nnc(NC(=O)C3CCC3)o2)c(C)c1. The Balaban J connectivity index is 1.65. The van der Waals surface area contributed by atoms with E-state index in [0.29, 0.717) is 12.3 Å². The predicted octanol–water partition coefficient (Wildman–Crippen LogP) is 3.02. The van der Waals surface area contributed by atoms with E-state index in [0.717, 1.165) is 24.8 Å². The Labute approximate surface area is 123 Å². The lowest BCUT2D eigenvalue weighted by atomic mass is 9.85. The van der Waals surface area contributed by atoms with Gasteiger partial charge in [0.2, 0.25) is 11.8 Å². The number of aryl methyl sites for hydroxylation is 2. The van der Waals surface area contributed by atoms with E-state index in [4.69, 9.17) is 4.42 Å². The molecule has 1 amide bonds. The molecule has 0 spiro atoms. The quantitative estimate of drug-likeness (QED) is 0.937. The van der Waals surface area contributed by atoms with Gasteiger partial charge in [-0.2, -0.15) is 0 Å².